The summed E-state index contributed by atoms with van der Waals surface area (Å²) < 4.78 is 0. The molecule has 1 atom stereocenters. The van der Waals surface area contributed by atoms with Gasteiger partial charge in [-0.3, -0.25) is 19.3 Å². The highest BCUT2D eigenvalue weighted by Crippen LogP contribution is 2.34. The van der Waals surface area contributed by atoms with Crippen molar-refractivity contribution in [2.75, 3.05) is 31.4 Å². The molecule has 5 amide bonds. The maximum absolute atomic E-state index is 12.9. The molecule has 2 N–H and O–H groups in total. The highest BCUT2D eigenvalue weighted by molar-refractivity contribution is 7.14. The fourth-order valence-corrected chi connectivity index (χ4v) is 5.27. The SMILES string of the molecule is Cc1ccc(NC(=O)NCc2cc3c(s2)C(=O)N(C2CCC(=O)N(C)C2=O)C3)cc1N(C)C. The Hall–Kier alpha value is -3.40. The van der Waals surface area contributed by atoms with Crippen molar-refractivity contribution >= 4 is 46.5 Å². The van der Waals surface area contributed by atoms with Crippen molar-refractivity contribution in [3.8, 4) is 0 Å². The molecule has 4 rings (SSSR count). The largest absolute Gasteiger partial charge is 0.377 e. The van der Waals surface area contributed by atoms with E-state index >= 15 is 0 Å². The second-order valence-electron chi connectivity index (χ2n) is 8.55. The summed E-state index contributed by atoms with van der Waals surface area (Å²) in [5.41, 5.74) is 3.69. The molecule has 10 heteroatoms. The van der Waals surface area contributed by atoms with Gasteiger partial charge in [-0.1, -0.05) is 6.07 Å². The van der Waals surface area contributed by atoms with E-state index in [-0.39, 0.29) is 30.2 Å². The molecule has 3 heterocycles. The van der Waals surface area contributed by atoms with Gasteiger partial charge in [0.25, 0.3) is 11.8 Å². The van der Waals surface area contributed by atoms with Gasteiger partial charge in [-0.05, 0) is 42.7 Å². The van der Waals surface area contributed by atoms with Crippen LogP contribution in [0.4, 0.5) is 16.2 Å². The van der Waals surface area contributed by atoms with Crippen LogP contribution in [-0.2, 0) is 22.7 Å². The molecule has 1 fully saturated rings. The van der Waals surface area contributed by atoms with Gasteiger partial charge < -0.3 is 20.4 Å². The summed E-state index contributed by atoms with van der Waals surface area (Å²) in [6.07, 6.45) is 0.609. The molecule has 9 nitrogen and oxygen atoms in total. The Balaban J connectivity index is 1.35. The minimum absolute atomic E-state index is 0.192. The van der Waals surface area contributed by atoms with Crippen LogP contribution in [0.2, 0.25) is 0 Å². The number of hydrogen-bond donors (Lipinski definition) is 2. The van der Waals surface area contributed by atoms with E-state index in [1.165, 1.54) is 18.4 Å². The topological polar surface area (TPSA) is 102 Å². The van der Waals surface area contributed by atoms with Crippen molar-refractivity contribution in [3.05, 3.63) is 45.1 Å². The number of thiophene rings is 1. The Morgan fingerprint density at radius 1 is 1.21 bits per heavy atom. The normalized spacial score (nSPS) is 17.9. The van der Waals surface area contributed by atoms with Crippen LogP contribution in [0.3, 0.4) is 0 Å². The van der Waals surface area contributed by atoms with Gasteiger partial charge in [0.15, 0.2) is 0 Å². The highest BCUT2D eigenvalue weighted by Gasteiger charge is 2.42. The first-order valence-corrected chi connectivity index (χ1v) is 11.5. The van der Waals surface area contributed by atoms with E-state index < -0.39 is 6.04 Å². The number of imide groups is 1. The number of likely N-dealkylation sites (N-methyl/N-ethyl adjacent to an activating group) is 1. The monoisotopic (exact) mass is 469 g/mol. The number of likely N-dealkylation sites (tertiary alicyclic amines) is 1. The first-order chi connectivity index (χ1) is 15.7. The Morgan fingerprint density at radius 2 is 1.97 bits per heavy atom. The summed E-state index contributed by atoms with van der Waals surface area (Å²) in [7, 11) is 5.36. The number of piperidine rings is 1. The first kappa shape index (κ1) is 22.8. The molecule has 0 aliphatic carbocycles. The third kappa shape index (κ3) is 4.43. The molecule has 1 aromatic carbocycles. The lowest BCUT2D eigenvalue weighted by Crippen LogP contribution is -2.53. The Kier molecular flexibility index (Phi) is 6.11. The van der Waals surface area contributed by atoms with Crippen LogP contribution in [0.5, 0.6) is 0 Å². The predicted molar refractivity (Wildman–Crippen MR) is 126 cm³/mol. The Labute approximate surface area is 196 Å². The fourth-order valence-electron chi connectivity index (χ4n) is 4.21. The van der Waals surface area contributed by atoms with Crippen LogP contribution in [0.1, 0.15) is 38.5 Å². The summed E-state index contributed by atoms with van der Waals surface area (Å²) in [6.45, 7) is 2.65. The van der Waals surface area contributed by atoms with Crippen LogP contribution in [0.15, 0.2) is 24.3 Å². The molecule has 0 radical (unpaired) electrons. The summed E-state index contributed by atoms with van der Waals surface area (Å²) in [5, 5.41) is 5.67. The molecular weight excluding hydrogens is 442 g/mol. The number of carbonyl (C=O) groups is 4. The molecule has 2 aromatic rings. The van der Waals surface area contributed by atoms with E-state index in [2.05, 4.69) is 10.6 Å². The molecular formula is C23H27N5O4S. The zero-order valence-corrected chi connectivity index (χ0v) is 19.9. The zero-order chi connectivity index (χ0) is 23.9. The summed E-state index contributed by atoms with van der Waals surface area (Å²) >= 11 is 1.32. The maximum atomic E-state index is 12.9. The third-order valence-corrected chi connectivity index (χ3v) is 7.19. The van der Waals surface area contributed by atoms with E-state index in [9.17, 15) is 19.2 Å². The van der Waals surface area contributed by atoms with Gasteiger partial charge in [-0.25, -0.2) is 4.79 Å². The first-order valence-electron chi connectivity index (χ1n) is 10.7. The van der Waals surface area contributed by atoms with Crippen molar-refractivity contribution in [2.24, 2.45) is 0 Å². The number of nitrogens with zero attached hydrogens (tertiary/aromatic N) is 3. The van der Waals surface area contributed by atoms with Crippen molar-refractivity contribution in [3.63, 3.8) is 0 Å². The molecule has 2 aliphatic rings. The van der Waals surface area contributed by atoms with Crippen molar-refractivity contribution in [1.82, 2.24) is 15.1 Å². The van der Waals surface area contributed by atoms with Crippen molar-refractivity contribution in [2.45, 2.75) is 38.9 Å². The molecule has 1 unspecified atom stereocenters. The number of urea groups is 1. The fraction of sp³-hybridized carbons (Fsp3) is 0.391. The Bertz CT molecular complexity index is 1140. The van der Waals surface area contributed by atoms with Gasteiger partial charge in [-0.2, -0.15) is 0 Å². The minimum atomic E-state index is -0.603. The number of amides is 5. The lowest BCUT2D eigenvalue weighted by atomic mass is 10.0. The highest BCUT2D eigenvalue weighted by atomic mass is 32.1. The summed E-state index contributed by atoms with van der Waals surface area (Å²) in [5.74, 6) is -0.739. The molecule has 1 aromatic heterocycles. The van der Waals surface area contributed by atoms with Crippen LogP contribution in [0, 0.1) is 6.92 Å². The Morgan fingerprint density at radius 3 is 2.67 bits per heavy atom. The van der Waals surface area contributed by atoms with Crippen LogP contribution < -0.4 is 15.5 Å². The number of benzene rings is 1. The minimum Gasteiger partial charge on any atom is -0.377 e. The van der Waals surface area contributed by atoms with Gasteiger partial charge in [-0.15, -0.1) is 11.3 Å². The number of anilines is 2. The number of fused-ring (bicyclic) bond motifs is 1. The average molecular weight is 470 g/mol. The van der Waals surface area contributed by atoms with E-state index in [4.69, 9.17) is 0 Å². The molecule has 0 saturated carbocycles. The lowest BCUT2D eigenvalue weighted by molar-refractivity contribution is -0.150. The van der Waals surface area contributed by atoms with E-state index in [1.807, 2.05) is 50.2 Å². The average Bonchev–Trinajstić information content (AvgIpc) is 3.31. The molecule has 33 heavy (non-hydrogen) atoms. The van der Waals surface area contributed by atoms with Crippen LogP contribution >= 0.6 is 11.3 Å². The van der Waals surface area contributed by atoms with E-state index in [0.29, 0.717) is 30.1 Å². The van der Waals surface area contributed by atoms with E-state index in [1.54, 1.807) is 4.90 Å². The number of aryl methyl sites for hydroxylation is 1. The van der Waals surface area contributed by atoms with Crippen molar-refractivity contribution < 1.29 is 19.2 Å². The predicted octanol–water partition coefficient (Wildman–Crippen LogP) is 2.55. The smallest absolute Gasteiger partial charge is 0.319 e. The molecule has 0 bridgehead atoms. The number of carbonyl (C=O) groups excluding carboxylic acids is 4. The standard InChI is InChI=1S/C23H27N5O4S/c1-13-5-6-15(10-18(13)26(2)3)25-23(32)24-11-16-9-14-12-28(22(31)20(14)33-16)17-7-8-19(29)27(4)21(17)30/h5-6,9-10,17H,7-8,11-12H2,1-4H3,(H2,24,25,32). The quantitative estimate of drug-likeness (QED) is 0.656. The number of rotatable bonds is 5. The van der Waals surface area contributed by atoms with Gasteiger partial charge in [0.05, 0.1) is 11.4 Å². The second kappa shape index (κ2) is 8.86. The van der Waals surface area contributed by atoms with Gasteiger partial charge in [0.1, 0.15) is 6.04 Å². The molecule has 1 saturated heterocycles. The molecule has 0 spiro atoms. The summed E-state index contributed by atoms with van der Waals surface area (Å²) in [6, 6.07) is 6.69. The zero-order valence-electron chi connectivity index (χ0n) is 19.1. The van der Waals surface area contributed by atoms with Gasteiger partial charge in [0.2, 0.25) is 5.91 Å². The maximum Gasteiger partial charge on any atom is 0.319 e. The number of nitrogens with one attached hydrogen (secondary N) is 2. The third-order valence-electron chi connectivity index (χ3n) is 6.03. The number of hydrogen-bond acceptors (Lipinski definition) is 6. The van der Waals surface area contributed by atoms with Crippen LogP contribution in [0.25, 0.3) is 0 Å². The van der Waals surface area contributed by atoms with Crippen molar-refractivity contribution in [1.29, 1.82) is 0 Å². The van der Waals surface area contributed by atoms with Crippen LogP contribution in [-0.4, -0.2) is 60.7 Å². The lowest BCUT2D eigenvalue weighted by Gasteiger charge is -2.33. The molecule has 2 aliphatic heterocycles. The van der Waals surface area contributed by atoms with E-state index in [0.717, 1.165) is 26.6 Å². The van der Waals surface area contributed by atoms with Gasteiger partial charge in [0, 0.05) is 50.4 Å². The van der Waals surface area contributed by atoms with Gasteiger partial charge >= 0.3 is 6.03 Å². The second-order valence-corrected chi connectivity index (χ2v) is 9.69. The summed E-state index contributed by atoms with van der Waals surface area (Å²) in [4.78, 5) is 55.6. The molecule has 174 valence electrons.